The van der Waals surface area contributed by atoms with Gasteiger partial charge in [0, 0.05) is 11.0 Å². The Kier molecular flexibility index (Phi) is 6.00. The van der Waals surface area contributed by atoms with E-state index in [0.717, 1.165) is 23.3 Å². The van der Waals surface area contributed by atoms with Gasteiger partial charge in [-0.1, -0.05) is 19.9 Å². The van der Waals surface area contributed by atoms with Crippen LogP contribution in [0.5, 0.6) is 0 Å². The predicted molar refractivity (Wildman–Crippen MR) is 73.1 cm³/mol. The quantitative estimate of drug-likeness (QED) is 0.839. The van der Waals surface area contributed by atoms with Crippen LogP contribution in [0, 0.1) is 12.7 Å². The van der Waals surface area contributed by atoms with Gasteiger partial charge in [0.05, 0.1) is 6.10 Å². The third-order valence-electron chi connectivity index (χ3n) is 2.91. The van der Waals surface area contributed by atoms with Crippen molar-refractivity contribution in [2.45, 2.75) is 45.0 Å². The number of aliphatic hydroxyl groups is 1. The molecule has 0 bridgehead atoms. The summed E-state index contributed by atoms with van der Waals surface area (Å²) < 4.78 is 12.9. The van der Waals surface area contributed by atoms with Crippen molar-refractivity contribution >= 4 is 11.8 Å². The minimum atomic E-state index is -0.349. The summed E-state index contributed by atoms with van der Waals surface area (Å²) in [6, 6.07) is 4.74. The third kappa shape index (κ3) is 5.09. The van der Waals surface area contributed by atoms with Crippen LogP contribution in [0.3, 0.4) is 0 Å². The molecule has 0 saturated carbocycles. The molecule has 2 unspecified atom stereocenters. The van der Waals surface area contributed by atoms with Crippen LogP contribution >= 0.6 is 11.8 Å². The second-order valence-electron chi connectivity index (χ2n) is 4.48. The molecular formula is C14H21FOS. The number of halogens is 1. The lowest BCUT2D eigenvalue weighted by Gasteiger charge is -2.14. The van der Waals surface area contributed by atoms with Gasteiger partial charge in [-0.3, -0.25) is 0 Å². The highest BCUT2D eigenvalue weighted by atomic mass is 32.2. The Morgan fingerprint density at radius 3 is 2.71 bits per heavy atom. The van der Waals surface area contributed by atoms with Crippen LogP contribution < -0.4 is 0 Å². The zero-order valence-corrected chi connectivity index (χ0v) is 11.6. The Hall–Kier alpha value is -0.540. The van der Waals surface area contributed by atoms with E-state index in [1.165, 1.54) is 12.1 Å². The molecule has 0 aliphatic carbocycles. The SMILES string of the molecule is CCC(C)SCC(O)Cc1ccc(F)cc1C. The highest BCUT2D eigenvalue weighted by molar-refractivity contribution is 7.99. The molecule has 1 aromatic rings. The van der Waals surface area contributed by atoms with Crippen LogP contribution in [0.15, 0.2) is 18.2 Å². The molecule has 96 valence electrons. The average Bonchev–Trinajstić information content (AvgIpc) is 2.29. The van der Waals surface area contributed by atoms with Gasteiger partial charge in [0.15, 0.2) is 0 Å². The van der Waals surface area contributed by atoms with Crippen LogP contribution in [0.2, 0.25) is 0 Å². The number of benzene rings is 1. The first-order chi connectivity index (χ1) is 8.02. The fraction of sp³-hybridized carbons (Fsp3) is 0.571. The van der Waals surface area contributed by atoms with Gasteiger partial charge in [0.1, 0.15) is 5.82 Å². The molecule has 0 spiro atoms. The molecule has 0 aliphatic rings. The molecule has 1 nitrogen and oxygen atoms in total. The second-order valence-corrected chi connectivity index (χ2v) is 5.95. The monoisotopic (exact) mass is 256 g/mol. The summed E-state index contributed by atoms with van der Waals surface area (Å²) >= 11 is 1.79. The van der Waals surface area contributed by atoms with Gasteiger partial charge in [-0.05, 0) is 43.0 Å². The lowest BCUT2D eigenvalue weighted by molar-refractivity contribution is 0.200. The summed E-state index contributed by atoms with van der Waals surface area (Å²) in [6.07, 6.45) is 1.38. The van der Waals surface area contributed by atoms with Crippen molar-refractivity contribution in [3.63, 3.8) is 0 Å². The molecule has 0 radical (unpaired) electrons. The molecule has 3 heteroatoms. The van der Waals surface area contributed by atoms with Gasteiger partial charge >= 0.3 is 0 Å². The molecule has 1 aromatic carbocycles. The lowest BCUT2D eigenvalue weighted by Crippen LogP contribution is -2.16. The van der Waals surface area contributed by atoms with E-state index in [4.69, 9.17) is 0 Å². The summed E-state index contributed by atoms with van der Waals surface area (Å²) in [5.41, 5.74) is 1.95. The molecule has 0 saturated heterocycles. The summed E-state index contributed by atoms with van der Waals surface area (Å²) in [5.74, 6) is 0.529. The third-order valence-corrected chi connectivity index (χ3v) is 4.39. The van der Waals surface area contributed by atoms with Crippen molar-refractivity contribution < 1.29 is 9.50 Å². The number of aliphatic hydroxyl groups excluding tert-OH is 1. The zero-order valence-electron chi connectivity index (χ0n) is 10.7. The van der Waals surface area contributed by atoms with Crippen molar-refractivity contribution in [2.24, 2.45) is 0 Å². The molecule has 1 N–H and O–H groups in total. The fourth-order valence-corrected chi connectivity index (χ4v) is 2.50. The summed E-state index contributed by atoms with van der Waals surface area (Å²) in [7, 11) is 0. The van der Waals surface area contributed by atoms with Crippen molar-refractivity contribution in [1.82, 2.24) is 0 Å². The molecule has 2 atom stereocenters. The number of rotatable bonds is 6. The standard InChI is InChI=1S/C14H21FOS/c1-4-11(3)17-9-14(16)8-12-5-6-13(15)7-10(12)2/h5-7,11,14,16H,4,8-9H2,1-3H3. The number of hydrogen-bond donors (Lipinski definition) is 1. The molecule has 0 fully saturated rings. The highest BCUT2D eigenvalue weighted by Crippen LogP contribution is 2.18. The van der Waals surface area contributed by atoms with E-state index < -0.39 is 0 Å². The van der Waals surface area contributed by atoms with Crippen LogP contribution in [-0.2, 0) is 6.42 Å². The maximum absolute atomic E-state index is 12.9. The largest absolute Gasteiger partial charge is 0.392 e. The molecular weight excluding hydrogens is 235 g/mol. The lowest BCUT2D eigenvalue weighted by atomic mass is 10.0. The predicted octanol–water partition coefficient (Wildman–Crippen LogP) is 3.57. The smallest absolute Gasteiger partial charge is 0.123 e. The van der Waals surface area contributed by atoms with Crippen LogP contribution in [0.1, 0.15) is 31.4 Å². The minimum absolute atomic E-state index is 0.213. The van der Waals surface area contributed by atoms with E-state index in [9.17, 15) is 9.50 Å². The molecule has 1 rings (SSSR count). The fourth-order valence-electron chi connectivity index (χ4n) is 1.59. The Morgan fingerprint density at radius 2 is 2.12 bits per heavy atom. The van der Waals surface area contributed by atoms with Gasteiger partial charge < -0.3 is 5.11 Å². The van der Waals surface area contributed by atoms with E-state index in [1.54, 1.807) is 17.8 Å². The normalized spacial score (nSPS) is 14.6. The van der Waals surface area contributed by atoms with Crippen molar-refractivity contribution in [1.29, 1.82) is 0 Å². The maximum Gasteiger partial charge on any atom is 0.123 e. The minimum Gasteiger partial charge on any atom is -0.392 e. The van der Waals surface area contributed by atoms with Crippen molar-refractivity contribution in [3.05, 3.63) is 35.1 Å². The summed E-state index contributed by atoms with van der Waals surface area (Å²) in [4.78, 5) is 0. The van der Waals surface area contributed by atoms with Gasteiger partial charge in [-0.25, -0.2) is 4.39 Å². The first kappa shape index (κ1) is 14.5. The Labute approximate surface area is 107 Å². The summed E-state index contributed by atoms with van der Waals surface area (Å²) in [5, 5.41) is 10.5. The topological polar surface area (TPSA) is 20.2 Å². The highest BCUT2D eigenvalue weighted by Gasteiger charge is 2.10. The van der Waals surface area contributed by atoms with Gasteiger partial charge in [-0.15, -0.1) is 0 Å². The Morgan fingerprint density at radius 1 is 1.41 bits per heavy atom. The van der Waals surface area contributed by atoms with Crippen LogP contribution in [0.4, 0.5) is 4.39 Å². The molecule has 0 heterocycles. The van der Waals surface area contributed by atoms with Gasteiger partial charge in [0.25, 0.3) is 0 Å². The number of aryl methyl sites for hydroxylation is 1. The maximum atomic E-state index is 12.9. The molecule has 17 heavy (non-hydrogen) atoms. The average molecular weight is 256 g/mol. The van der Waals surface area contributed by atoms with Gasteiger partial charge in [0.2, 0.25) is 0 Å². The molecule has 0 amide bonds. The number of thioether (sulfide) groups is 1. The van der Waals surface area contributed by atoms with E-state index in [-0.39, 0.29) is 11.9 Å². The molecule has 0 aliphatic heterocycles. The van der Waals surface area contributed by atoms with E-state index in [0.29, 0.717) is 11.7 Å². The Bertz CT molecular complexity index is 354. The van der Waals surface area contributed by atoms with E-state index in [2.05, 4.69) is 13.8 Å². The molecule has 0 aromatic heterocycles. The van der Waals surface area contributed by atoms with Crippen molar-refractivity contribution in [3.8, 4) is 0 Å². The Balaban J connectivity index is 2.47. The van der Waals surface area contributed by atoms with Crippen molar-refractivity contribution in [2.75, 3.05) is 5.75 Å². The van der Waals surface area contributed by atoms with E-state index in [1.807, 2.05) is 6.92 Å². The summed E-state index contributed by atoms with van der Waals surface area (Å²) in [6.45, 7) is 6.20. The second kappa shape index (κ2) is 7.02. The first-order valence-electron chi connectivity index (χ1n) is 6.07. The van der Waals surface area contributed by atoms with E-state index >= 15 is 0 Å². The first-order valence-corrected chi connectivity index (χ1v) is 7.12. The van der Waals surface area contributed by atoms with Crippen LogP contribution in [0.25, 0.3) is 0 Å². The van der Waals surface area contributed by atoms with Crippen LogP contribution in [-0.4, -0.2) is 22.2 Å². The number of hydrogen-bond acceptors (Lipinski definition) is 2. The zero-order chi connectivity index (χ0) is 12.8. The van der Waals surface area contributed by atoms with Gasteiger partial charge in [-0.2, -0.15) is 11.8 Å².